The van der Waals surface area contributed by atoms with Crippen molar-refractivity contribution >= 4 is 0 Å². The van der Waals surface area contributed by atoms with E-state index in [0.29, 0.717) is 11.8 Å². The summed E-state index contributed by atoms with van der Waals surface area (Å²) in [6.45, 7) is 6.85. The summed E-state index contributed by atoms with van der Waals surface area (Å²) >= 11 is 0. The highest BCUT2D eigenvalue weighted by Gasteiger charge is 2.28. The van der Waals surface area contributed by atoms with Crippen LogP contribution in [0, 0.1) is 17.8 Å². The third-order valence-corrected chi connectivity index (χ3v) is 4.65. The molecule has 1 fully saturated rings. The lowest BCUT2D eigenvalue weighted by Gasteiger charge is -2.20. The molecule has 1 aliphatic carbocycles. The molecular formula is C18H29N. The Morgan fingerprint density at radius 1 is 1.26 bits per heavy atom. The Bertz CT molecular complexity index is 396. The Morgan fingerprint density at radius 3 is 2.68 bits per heavy atom. The number of hydrogen-bond donors (Lipinski definition) is 1. The molecule has 0 spiro atoms. The van der Waals surface area contributed by atoms with Gasteiger partial charge < -0.3 is 5.73 Å². The summed E-state index contributed by atoms with van der Waals surface area (Å²) < 4.78 is 0. The summed E-state index contributed by atoms with van der Waals surface area (Å²) in [5, 5.41) is 0. The van der Waals surface area contributed by atoms with Crippen LogP contribution >= 0.6 is 0 Å². The van der Waals surface area contributed by atoms with E-state index >= 15 is 0 Å². The van der Waals surface area contributed by atoms with Crippen molar-refractivity contribution in [2.45, 2.75) is 58.9 Å². The molecule has 1 aromatic rings. The summed E-state index contributed by atoms with van der Waals surface area (Å²) in [5.74, 6) is 2.32. The number of nitrogens with two attached hydrogens (primary N) is 1. The third kappa shape index (κ3) is 3.82. The van der Waals surface area contributed by atoms with Crippen LogP contribution in [0.2, 0.25) is 0 Å². The Kier molecular flexibility index (Phi) is 5.04. The zero-order valence-electron chi connectivity index (χ0n) is 12.7. The fourth-order valence-corrected chi connectivity index (χ4v) is 3.48. The monoisotopic (exact) mass is 259 g/mol. The van der Waals surface area contributed by atoms with E-state index in [1.165, 1.54) is 36.8 Å². The van der Waals surface area contributed by atoms with Crippen LogP contribution in [0.4, 0.5) is 0 Å². The van der Waals surface area contributed by atoms with Crippen molar-refractivity contribution in [3.05, 3.63) is 35.4 Å². The van der Waals surface area contributed by atoms with Gasteiger partial charge in [-0.25, -0.2) is 0 Å². The van der Waals surface area contributed by atoms with Gasteiger partial charge in [-0.3, -0.25) is 0 Å². The fourth-order valence-electron chi connectivity index (χ4n) is 3.48. The average molecular weight is 259 g/mol. The molecule has 0 aromatic heterocycles. The summed E-state index contributed by atoms with van der Waals surface area (Å²) in [5.41, 5.74) is 9.30. The van der Waals surface area contributed by atoms with E-state index in [9.17, 15) is 0 Å². The van der Waals surface area contributed by atoms with Crippen molar-refractivity contribution in [1.82, 2.24) is 0 Å². The van der Waals surface area contributed by atoms with Gasteiger partial charge in [0.15, 0.2) is 0 Å². The minimum Gasteiger partial charge on any atom is -0.324 e. The molecule has 0 radical (unpaired) electrons. The van der Waals surface area contributed by atoms with Crippen LogP contribution < -0.4 is 5.73 Å². The zero-order valence-corrected chi connectivity index (χ0v) is 12.7. The van der Waals surface area contributed by atoms with E-state index < -0.39 is 0 Å². The molecule has 0 saturated heterocycles. The Hall–Kier alpha value is -0.820. The van der Waals surface area contributed by atoms with Gasteiger partial charge in [0, 0.05) is 6.04 Å². The number of benzene rings is 1. The maximum atomic E-state index is 6.52. The molecule has 1 heteroatoms. The minimum atomic E-state index is 0.240. The molecule has 3 unspecified atom stereocenters. The van der Waals surface area contributed by atoms with Crippen LogP contribution in [-0.2, 0) is 6.42 Å². The molecule has 3 atom stereocenters. The Morgan fingerprint density at radius 2 is 2.05 bits per heavy atom. The molecular weight excluding hydrogens is 230 g/mol. The van der Waals surface area contributed by atoms with Gasteiger partial charge in [-0.15, -0.1) is 0 Å². The molecule has 0 amide bonds. The van der Waals surface area contributed by atoms with Crippen LogP contribution in [0.1, 0.15) is 63.6 Å². The molecule has 2 rings (SSSR count). The lowest BCUT2D eigenvalue weighted by atomic mass is 9.89. The number of hydrogen-bond acceptors (Lipinski definition) is 1. The number of rotatable bonds is 5. The van der Waals surface area contributed by atoms with Crippen molar-refractivity contribution < 1.29 is 0 Å². The molecule has 19 heavy (non-hydrogen) atoms. The van der Waals surface area contributed by atoms with Gasteiger partial charge in [0.1, 0.15) is 0 Å². The van der Waals surface area contributed by atoms with E-state index in [-0.39, 0.29) is 6.04 Å². The second-order valence-corrected chi connectivity index (χ2v) is 6.72. The normalized spacial score (nSPS) is 24.9. The first kappa shape index (κ1) is 14.6. The van der Waals surface area contributed by atoms with Gasteiger partial charge in [-0.2, -0.15) is 0 Å². The van der Waals surface area contributed by atoms with E-state index in [2.05, 4.69) is 45.0 Å². The predicted molar refractivity (Wildman–Crippen MR) is 83.0 cm³/mol. The van der Waals surface area contributed by atoms with Crippen molar-refractivity contribution in [3.8, 4) is 0 Å². The first-order chi connectivity index (χ1) is 9.10. The molecule has 1 saturated carbocycles. The smallest absolute Gasteiger partial charge is 0.0323 e. The quantitative estimate of drug-likeness (QED) is 0.814. The predicted octanol–water partition coefficient (Wildman–Crippen LogP) is 4.71. The van der Waals surface area contributed by atoms with Crippen molar-refractivity contribution in [2.24, 2.45) is 23.5 Å². The van der Waals surface area contributed by atoms with E-state index in [0.717, 1.165) is 12.3 Å². The van der Waals surface area contributed by atoms with Gasteiger partial charge in [-0.1, -0.05) is 57.9 Å². The highest BCUT2D eigenvalue weighted by Crippen LogP contribution is 2.39. The highest BCUT2D eigenvalue weighted by molar-refractivity contribution is 5.27. The summed E-state index contributed by atoms with van der Waals surface area (Å²) in [6.07, 6.45) is 6.49. The fraction of sp³-hybridized carbons (Fsp3) is 0.667. The average Bonchev–Trinajstić information content (AvgIpc) is 2.86. The van der Waals surface area contributed by atoms with Gasteiger partial charge in [-0.05, 0) is 48.1 Å². The van der Waals surface area contributed by atoms with Gasteiger partial charge in [0.05, 0.1) is 0 Å². The van der Waals surface area contributed by atoms with Crippen molar-refractivity contribution in [2.75, 3.05) is 0 Å². The van der Waals surface area contributed by atoms with Gasteiger partial charge in [0.25, 0.3) is 0 Å². The molecule has 0 heterocycles. The first-order valence-corrected chi connectivity index (χ1v) is 7.94. The van der Waals surface area contributed by atoms with Crippen LogP contribution in [0.3, 0.4) is 0 Å². The van der Waals surface area contributed by atoms with E-state index in [4.69, 9.17) is 5.73 Å². The molecule has 2 N–H and O–H groups in total. The largest absolute Gasteiger partial charge is 0.324 e. The topological polar surface area (TPSA) is 26.0 Å². The Balaban J connectivity index is 2.04. The molecule has 0 aliphatic heterocycles. The maximum Gasteiger partial charge on any atom is 0.0323 e. The molecule has 1 aliphatic rings. The highest BCUT2D eigenvalue weighted by atomic mass is 14.7. The van der Waals surface area contributed by atoms with Crippen LogP contribution in [0.5, 0.6) is 0 Å². The SMILES string of the molecule is CCC1CCC(C(N)c2cccc(CC(C)C)c2)C1. The molecule has 1 nitrogen and oxygen atoms in total. The summed E-state index contributed by atoms with van der Waals surface area (Å²) in [4.78, 5) is 0. The second kappa shape index (κ2) is 6.56. The van der Waals surface area contributed by atoms with Gasteiger partial charge in [0.2, 0.25) is 0 Å². The van der Waals surface area contributed by atoms with E-state index in [1.807, 2.05) is 0 Å². The Labute approximate surface area is 118 Å². The molecule has 0 bridgehead atoms. The van der Waals surface area contributed by atoms with Crippen molar-refractivity contribution in [3.63, 3.8) is 0 Å². The van der Waals surface area contributed by atoms with Crippen molar-refractivity contribution in [1.29, 1.82) is 0 Å². The maximum absolute atomic E-state index is 6.52. The molecule has 106 valence electrons. The van der Waals surface area contributed by atoms with Crippen LogP contribution in [0.15, 0.2) is 24.3 Å². The summed E-state index contributed by atoms with van der Waals surface area (Å²) in [6, 6.07) is 9.21. The lowest BCUT2D eigenvalue weighted by molar-refractivity contribution is 0.416. The third-order valence-electron chi connectivity index (χ3n) is 4.65. The zero-order chi connectivity index (χ0) is 13.8. The second-order valence-electron chi connectivity index (χ2n) is 6.72. The standard InChI is InChI=1S/C18H29N/c1-4-14-8-9-17(11-14)18(19)16-7-5-6-15(12-16)10-13(2)3/h5-7,12-14,17-18H,4,8-11,19H2,1-3H3. The minimum absolute atomic E-state index is 0.240. The molecule has 1 aromatic carbocycles. The summed E-state index contributed by atoms with van der Waals surface area (Å²) in [7, 11) is 0. The lowest BCUT2D eigenvalue weighted by Crippen LogP contribution is -2.19. The van der Waals surface area contributed by atoms with Crippen LogP contribution in [-0.4, -0.2) is 0 Å². The van der Waals surface area contributed by atoms with Gasteiger partial charge >= 0.3 is 0 Å². The first-order valence-electron chi connectivity index (χ1n) is 7.94. The van der Waals surface area contributed by atoms with E-state index in [1.54, 1.807) is 0 Å². The van der Waals surface area contributed by atoms with Crippen LogP contribution in [0.25, 0.3) is 0 Å².